The summed E-state index contributed by atoms with van der Waals surface area (Å²) < 4.78 is 6.08. The van der Waals surface area contributed by atoms with Gasteiger partial charge in [-0.3, -0.25) is 9.59 Å². The number of piperidine rings is 1. The summed E-state index contributed by atoms with van der Waals surface area (Å²) in [5.74, 6) is 1.15. The third-order valence-corrected chi connectivity index (χ3v) is 5.76. The minimum Gasteiger partial charge on any atom is -0.489 e. The molecule has 28 heavy (non-hydrogen) atoms. The van der Waals surface area contributed by atoms with Crippen molar-refractivity contribution >= 4 is 22.8 Å². The minimum absolute atomic E-state index is 0.0305. The van der Waals surface area contributed by atoms with E-state index >= 15 is 0 Å². The number of aromatic amines is 1. The smallest absolute Gasteiger partial charge is 0.253 e. The summed E-state index contributed by atoms with van der Waals surface area (Å²) in [6.45, 7) is 5.58. The molecule has 1 aliphatic heterocycles. The first kappa shape index (κ1) is 18.5. The van der Waals surface area contributed by atoms with Crippen LogP contribution in [-0.4, -0.2) is 52.4 Å². The lowest BCUT2D eigenvalue weighted by molar-refractivity contribution is -0.127. The van der Waals surface area contributed by atoms with Gasteiger partial charge < -0.3 is 19.9 Å². The monoisotopic (exact) mass is 382 g/mol. The molecule has 0 bridgehead atoms. The Morgan fingerprint density at radius 2 is 2.11 bits per heavy atom. The first-order valence-corrected chi connectivity index (χ1v) is 9.97. The van der Waals surface area contributed by atoms with Crippen LogP contribution in [0.25, 0.3) is 11.0 Å². The lowest BCUT2D eigenvalue weighted by atomic mass is 9.85. The van der Waals surface area contributed by atoms with E-state index in [1.165, 1.54) is 25.3 Å². The molecule has 4 rings (SSSR count). The Hall–Kier alpha value is -2.83. The number of nitrogens with zero attached hydrogens (tertiary/aromatic N) is 2. The van der Waals surface area contributed by atoms with Gasteiger partial charge in [-0.15, -0.1) is 0 Å². The predicted octanol–water partition coefficient (Wildman–Crippen LogP) is 2.65. The van der Waals surface area contributed by atoms with Crippen molar-refractivity contribution in [2.75, 3.05) is 19.6 Å². The van der Waals surface area contributed by atoms with Crippen LogP contribution in [0.2, 0.25) is 0 Å². The van der Waals surface area contributed by atoms with E-state index in [4.69, 9.17) is 4.74 Å². The van der Waals surface area contributed by atoms with Gasteiger partial charge in [-0.25, -0.2) is 4.98 Å². The summed E-state index contributed by atoms with van der Waals surface area (Å²) in [7, 11) is 0. The van der Waals surface area contributed by atoms with Crippen LogP contribution in [0.15, 0.2) is 31.1 Å². The van der Waals surface area contributed by atoms with Gasteiger partial charge in [-0.2, -0.15) is 0 Å². The summed E-state index contributed by atoms with van der Waals surface area (Å²) in [5, 5.41) is 3.79. The van der Waals surface area contributed by atoms with Crippen LogP contribution in [0.1, 0.15) is 42.5 Å². The molecule has 2 amide bonds. The van der Waals surface area contributed by atoms with Gasteiger partial charge in [0.2, 0.25) is 5.91 Å². The number of likely N-dealkylation sites (tertiary alicyclic amines) is 1. The Morgan fingerprint density at radius 1 is 1.32 bits per heavy atom. The van der Waals surface area contributed by atoms with E-state index in [0.717, 1.165) is 24.8 Å². The molecule has 1 saturated heterocycles. The van der Waals surface area contributed by atoms with E-state index in [-0.39, 0.29) is 17.9 Å². The molecule has 2 fully saturated rings. The number of ether oxygens (including phenoxy) is 1. The van der Waals surface area contributed by atoms with E-state index < -0.39 is 0 Å². The molecule has 1 saturated carbocycles. The predicted molar refractivity (Wildman–Crippen MR) is 106 cm³/mol. The van der Waals surface area contributed by atoms with E-state index in [1.54, 1.807) is 17.3 Å². The molecule has 0 aromatic carbocycles. The number of rotatable bonds is 6. The molecule has 0 atom stereocenters. The van der Waals surface area contributed by atoms with Crippen molar-refractivity contribution < 1.29 is 14.3 Å². The number of H-pyrrole nitrogens is 1. The van der Waals surface area contributed by atoms with E-state index in [0.29, 0.717) is 36.0 Å². The molecular weight excluding hydrogens is 356 g/mol. The first-order chi connectivity index (χ1) is 13.6. The van der Waals surface area contributed by atoms with Crippen molar-refractivity contribution in [2.24, 2.45) is 5.92 Å². The van der Waals surface area contributed by atoms with Gasteiger partial charge in [0.05, 0.1) is 11.8 Å². The van der Waals surface area contributed by atoms with Crippen LogP contribution in [0.5, 0.6) is 5.75 Å². The maximum atomic E-state index is 12.5. The lowest BCUT2D eigenvalue weighted by Crippen LogP contribution is -2.41. The summed E-state index contributed by atoms with van der Waals surface area (Å²) in [4.78, 5) is 33.5. The van der Waals surface area contributed by atoms with Crippen LogP contribution in [0.4, 0.5) is 0 Å². The maximum absolute atomic E-state index is 12.5. The summed E-state index contributed by atoms with van der Waals surface area (Å²) in [5.41, 5.74) is 1.27. The van der Waals surface area contributed by atoms with Gasteiger partial charge in [-0.05, 0) is 30.9 Å². The fourth-order valence-electron chi connectivity index (χ4n) is 3.78. The number of hydrogen-bond acceptors (Lipinski definition) is 4. The van der Waals surface area contributed by atoms with Gasteiger partial charge in [0.15, 0.2) is 0 Å². The van der Waals surface area contributed by atoms with Crippen molar-refractivity contribution in [3.63, 3.8) is 0 Å². The molecule has 0 radical (unpaired) electrons. The highest BCUT2D eigenvalue weighted by molar-refractivity contribution is 6.06. The Morgan fingerprint density at radius 3 is 2.79 bits per heavy atom. The highest BCUT2D eigenvalue weighted by Gasteiger charge is 2.23. The molecule has 0 unspecified atom stereocenters. The fraction of sp³-hybridized carbons (Fsp3) is 0.476. The van der Waals surface area contributed by atoms with E-state index in [9.17, 15) is 9.59 Å². The van der Waals surface area contributed by atoms with E-state index in [1.807, 2.05) is 6.07 Å². The second-order valence-electron chi connectivity index (χ2n) is 7.62. The van der Waals surface area contributed by atoms with Crippen LogP contribution >= 0.6 is 0 Å². The highest BCUT2D eigenvalue weighted by atomic mass is 16.5. The molecule has 2 N–H and O–H groups in total. The zero-order chi connectivity index (χ0) is 19.5. The average molecular weight is 382 g/mol. The molecular formula is C21H26N4O3. The lowest BCUT2D eigenvalue weighted by Gasteiger charge is -2.31. The molecule has 7 nitrogen and oxygen atoms in total. The molecule has 3 heterocycles. The molecule has 148 valence electrons. The van der Waals surface area contributed by atoms with Crippen molar-refractivity contribution in [3.05, 3.63) is 36.7 Å². The van der Waals surface area contributed by atoms with E-state index in [2.05, 4.69) is 21.9 Å². The minimum atomic E-state index is -0.0756. The molecule has 0 spiro atoms. The van der Waals surface area contributed by atoms with Crippen LogP contribution < -0.4 is 10.1 Å². The molecule has 2 aromatic heterocycles. The highest BCUT2D eigenvalue weighted by Crippen LogP contribution is 2.27. The Kier molecular flexibility index (Phi) is 5.32. The summed E-state index contributed by atoms with van der Waals surface area (Å²) in [6, 6.07) is 1.87. The normalized spacial score (nSPS) is 17.9. The van der Waals surface area contributed by atoms with Crippen LogP contribution in [-0.2, 0) is 4.79 Å². The first-order valence-electron chi connectivity index (χ1n) is 9.97. The van der Waals surface area contributed by atoms with Crippen molar-refractivity contribution in [1.29, 1.82) is 0 Å². The van der Waals surface area contributed by atoms with Crippen molar-refractivity contribution in [2.45, 2.75) is 38.2 Å². The largest absolute Gasteiger partial charge is 0.489 e. The van der Waals surface area contributed by atoms with Crippen LogP contribution in [0, 0.1) is 5.92 Å². The maximum Gasteiger partial charge on any atom is 0.253 e. The van der Waals surface area contributed by atoms with Gasteiger partial charge in [0.1, 0.15) is 17.5 Å². The molecule has 2 aliphatic rings. The Labute approximate surface area is 164 Å². The number of amides is 2. The fourth-order valence-corrected chi connectivity index (χ4v) is 3.78. The zero-order valence-corrected chi connectivity index (χ0v) is 15.9. The number of carbonyl (C=O) groups is 2. The number of nitrogens with one attached hydrogen (secondary N) is 2. The standard InChI is InChI=1S/C21H26N4O3/c1-2-19(26)25-8-6-15(7-9-25)28-16-10-17-18(13-23-20(17)22-12-16)21(27)24-11-14-4-3-5-14/h2,10,12-15H,1,3-9,11H2,(H,22,23)(H,24,27). The third-order valence-electron chi connectivity index (χ3n) is 5.76. The second-order valence-corrected chi connectivity index (χ2v) is 7.62. The average Bonchev–Trinajstić information content (AvgIpc) is 3.10. The summed E-state index contributed by atoms with van der Waals surface area (Å²) in [6.07, 6.45) is 9.95. The number of aromatic nitrogens is 2. The van der Waals surface area contributed by atoms with Gasteiger partial charge in [0, 0.05) is 44.1 Å². The quantitative estimate of drug-likeness (QED) is 0.752. The van der Waals surface area contributed by atoms with Gasteiger partial charge in [0.25, 0.3) is 5.91 Å². The molecule has 7 heteroatoms. The number of hydrogen-bond donors (Lipinski definition) is 2. The zero-order valence-electron chi connectivity index (χ0n) is 15.9. The number of pyridine rings is 1. The topological polar surface area (TPSA) is 87.3 Å². The Balaban J connectivity index is 1.40. The summed E-state index contributed by atoms with van der Waals surface area (Å²) >= 11 is 0. The van der Waals surface area contributed by atoms with Crippen molar-refractivity contribution in [3.8, 4) is 5.75 Å². The molecule has 1 aliphatic carbocycles. The van der Waals surface area contributed by atoms with Crippen molar-refractivity contribution in [1.82, 2.24) is 20.2 Å². The Bertz CT molecular complexity index is 879. The number of carbonyl (C=O) groups excluding carboxylic acids is 2. The second kappa shape index (κ2) is 8.04. The van der Waals surface area contributed by atoms with Gasteiger partial charge in [-0.1, -0.05) is 13.0 Å². The SMILES string of the molecule is C=CC(=O)N1CCC(Oc2cnc3[nH]cc(C(=O)NCC4CCC4)c3c2)CC1. The molecule has 2 aromatic rings. The number of fused-ring (bicyclic) bond motifs is 1. The third kappa shape index (κ3) is 3.88. The van der Waals surface area contributed by atoms with Gasteiger partial charge >= 0.3 is 0 Å². The van der Waals surface area contributed by atoms with Crippen LogP contribution in [0.3, 0.4) is 0 Å².